The largest absolute Gasteiger partial charge is 0.374 e. The summed E-state index contributed by atoms with van der Waals surface area (Å²) < 4.78 is 5.46. The van der Waals surface area contributed by atoms with E-state index in [-0.39, 0.29) is 6.10 Å². The molecular weight excluding hydrogens is 162 g/mol. The zero-order valence-corrected chi connectivity index (χ0v) is 8.58. The number of rotatable bonds is 4. The standard InChI is InChI=1S/C11H17NO/c1-4-11-6-5-10(7-12-11)8-13-9(2)3/h5-7,9H,4,8H2,1-3H3. The lowest BCUT2D eigenvalue weighted by atomic mass is 10.2. The van der Waals surface area contributed by atoms with Gasteiger partial charge in [0.05, 0.1) is 12.7 Å². The van der Waals surface area contributed by atoms with Crippen LogP contribution in [0.4, 0.5) is 0 Å². The van der Waals surface area contributed by atoms with E-state index in [1.54, 1.807) is 0 Å². The predicted molar refractivity (Wildman–Crippen MR) is 53.5 cm³/mol. The maximum absolute atomic E-state index is 5.46. The molecule has 0 amide bonds. The maximum atomic E-state index is 5.46. The molecule has 0 fully saturated rings. The Morgan fingerprint density at radius 2 is 2.15 bits per heavy atom. The average Bonchev–Trinajstić information content (AvgIpc) is 2.15. The second kappa shape index (κ2) is 4.97. The van der Waals surface area contributed by atoms with Gasteiger partial charge in [-0.15, -0.1) is 0 Å². The fraction of sp³-hybridized carbons (Fsp3) is 0.545. The van der Waals surface area contributed by atoms with Gasteiger partial charge in [-0.1, -0.05) is 13.0 Å². The van der Waals surface area contributed by atoms with Gasteiger partial charge in [0, 0.05) is 11.9 Å². The van der Waals surface area contributed by atoms with Crippen LogP contribution >= 0.6 is 0 Å². The van der Waals surface area contributed by atoms with Crippen molar-refractivity contribution >= 4 is 0 Å². The number of pyridine rings is 1. The van der Waals surface area contributed by atoms with Crippen LogP contribution in [0.3, 0.4) is 0 Å². The Hall–Kier alpha value is -0.890. The third-order valence-corrected chi connectivity index (χ3v) is 1.83. The van der Waals surface area contributed by atoms with E-state index in [1.807, 2.05) is 20.0 Å². The Morgan fingerprint density at radius 1 is 1.38 bits per heavy atom. The Bertz CT molecular complexity index is 241. The minimum Gasteiger partial charge on any atom is -0.374 e. The number of hydrogen-bond acceptors (Lipinski definition) is 2. The highest BCUT2D eigenvalue weighted by Gasteiger charge is 1.96. The van der Waals surface area contributed by atoms with Crippen LogP contribution in [0, 0.1) is 0 Å². The van der Waals surface area contributed by atoms with E-state index >= 15 is 0 Å². The van der Waals surface area contributed by atoms with Gasteiger partial charge in [0.15, 0.2) is 0 Å². The van der Waals surface area contributed by atoms with Crippen molar-refractivity contribution in [3.05, 3.63) is 29.6 Å². The van der Waals surface area contributed by atoms with Gasteiger partial charge in [-0.2, -0.15) is 0 Å². The third-order valence-electron chi connectivity index (χ3n) is 1.83. The van der Waals surface area contributed by atoms with Gasteiger partial charge in [-0.05, 0) is 31.9 Å². The summed E-state index contributed by atoms with van der Waals surface area (Å²) in [5.74, 6) is 0. The number of aryl methyl sites for hydroxylation is 1. The van der Waals surface area contributed by atoms with Crippen molar-refractivity contribution in [3.63, 3.8) is 0 Å². The van der Waals surface area contributed by atoms with Crippen LogP contribution < -0.4 is 0 Å². The van der Waals surface area contributed by atoms with E-state index in [4.69, 9.17) is 4.74 Å². The molecule has 1 aromatic rings. The molecular formula is C11H17NO. The molecule has 1 rings (SSSR count). The molecule has 0 radical (unpaired) electrons. The van der Waals surface area contributed by atoms with E-state index < -0.39 is 0 Å². The lowest BCUT2D eigenvalue weighted by molar-refractivity contribution is 0.0655. The van der Waals surface area contributed by atoms with Gasteiger partial charge < -0.3 is 4.74 Å². The van der Waals surface area contributed by atoms with Gasteiger partial charge in [0.1, 0.15) is 0 Å². The molecule has 0 N–H and O–H groups in total. The molecule has 0 aromatic carbocycles. The molecule has 0 bridgehead atoms. The third kappa shape index (κ3) is 3.55. The van der Waals surface area contributed by atoms with Crippen LogP contribution in [0.1, 0.15) is 32.0 Å². The highest BCUT2D eigenvalue weighted by molar-refractivity contribution is 5.13. The van der Waals surface area contributed by atoms with E-state index in [2.05, 4.69) is 24.0 Å². The minimum absolute atomic E-state index is 0.283. The van der Waals surface area contributed by atoms with Crippen molar-refractivity contribution in [2.24, 2.45) is 0 Å². The van der Waals surface area contributed by atoms with Crippen LogP contribution in [-0.4, -0.2) is 11.1 Å². The molecule has 0 saturated heterocycles. The molecule has 0 atom stereocenters. The average molecular weight is 179 g/mol. The summed E-state index contributed by atoms with van der Waals surface area (Å²) in [6.07, 6.45) is 3.16. The monoisotopic (exact) mass is 179 g/mol. The quantitative estimate of drug-likeness (QED) is 0.708. The molecule has 1 heterocycles. The molecule has 0 spiro atoms. The van der Waals surface area contributed by atoms with Gasteiger partial charge in [0.25, 0.3) is 0 Å². The van der Waals surface area contributed by atoms with Crippen LogP contribution in [0.5, 0.6) is 0 Å². The number of hydrogen-bond donors (Lipinski definition) is 0. The lowest BCUT2D eigenvalue weighted by Gasteiger charge is -2.07. The Labute approximate surface area is 80.0 Å². The van der Waals surface area contributed by atoms with E-state index in [0.29, 0.717) is 6.61 Å². The highest BCUT2D eigenvalue weighted by Crippen LogP contribution is 2.04. The summed E-state index contributed by atoms with van der Waals surface area (Å²) in [6, 6.07) is 4.13. The van der Waals surface area contributed by atoms with Gasteiger partial charge in [-0.3, -0.25) is 4.98 Å². The first-order chi connectivity index (χ1) is 6.22. The molecule has 0 saturated carbocycles. The second-order valence-electron chi connectivity index (χ2n) is 3.37. The van der Waals surface area contributed by atoms with Gasteiger partial charge in [-0.25, -0.2) is 0 Å². The van der Waals surface area contributed by atoms with Crippen molar-refractivity contribution < 1.29 is 4.74 Å². The molecule has 2 heteroatoms. The molecule has 0 aliphatic carbocycles. The molecule has 2 nitrogen and oxygen atoms in total. The second-order valence-corrected chi connectivity index (χ2v) is 3.37. The predicted octanol–water partition coefficient (Wildman–Crippen LogP) is 2.57. The fourth-order valence-corrected chi connectivity index (χ4v) is 1.01. The fourth-order valence-electron chi connectivity index (χ4n) is 1.01. The Kier molecular flexibility index (Phi) is 3.90. The smallest absolute Gasteiger partial charge is 0.0735 e. The maximum Gasteiger partial charge on any atom is 0.0735 e. The number of aromatic nitrogens is 1. The Balaban J connectivity index is 2.49. The van der Waals surface area contributed by atoms with Gasteiger partial charge in [0.2, 0.25) is 0 Å². The number of ether oxygens (including phenoxy) is 1. The van der Waals surface area contributed by atoms with E-state index in [0.717, 1.165) is 17.7 Å². The summed E-state index contributed by atoms with van der Waals surface area (Å²) >= 11 is 0. The van der Waals surface area contributed by atoms with Crippen molar-refractivity contribution in [3.8, 4) is 0 Å². The molecule has 72 valence electrons. The summed E-state index contributed by atoms with van der Waals surface area (Å²) in [5, 5.41) is 0. The van der Waals surface area contributed by atoms with E-state index in [1.165, 1.54) is 0 Å². The molecule has 0 unspecified atom stereocenters. The SMILES string of the molecule is CCc1ccc(COC(C)C)cn1. The Morgan fingerprint density at radius 3 is 2.62 bits per heavy atom. The highest BCUT2D eigenvalue weighted by atomic mass is 16.5. The van der Waals surface area contributed by atoms with Crippen molar-refractivity contribution in [2.45, 2.75) is 39.9 Å². The molecule has 0 aliphatic rings. The van der Waals surface area contributed by atoms with Crippen molar-refractivity contribution in [1.82, 2.24) is 4.98 Å². The van der Waals surface area contributed by atoms with Crippen LogP contribution in [0.2, 0.25) is 0 Å². The van der Waals surface area contributed by atoms with Crippen molar-refractivity contribution in [1.29, 1.82) is 0 Å². The number of nitrogens with zero attached hydrogens (tertiary/aromatic N) is 1. The summed E-state index contributed by atoms with van der Waals surface area (Å²) in [5.41, 5.74) is 2.28. The molecule has 13 heavy (non-hydrogen) atoms. The summed E-state index contributed by atoms with van der Waals surface area (Å²) in [6.45, 7) is 6.84. The zero-order valence-electron chi connectivity index (χ0n) is 8.58. The van der Waals surface area contributed by atoms with Crippen LogP contribution in [0.15, 0.2) is 18.3 Å². The van der Waals surface area contributed by atoms with E-state index in [9.17, 15) is 0 Å². The lowest BCUT2D eigenvalue weighted by Crippen LogP contribution is -2.02. The molecule has 0 aliphatic heterocycles. The summed E-state index contributed by atoms with van der Waals surface area (Å²) in [7, 11) is 0. The zero-order chi connectivity index (χ0) is 9.68. The van der Waals surface area contributed by atoms with Crippen LogP contribution in [-0.2, 0) is 17.8 Å². The topological polar surface area (TPSA) is 22.1 Å². The van der Waals surface area contributed by atoms with Crippen molar-refractivity contribution in [2.75, 3.05) is 0 Å². The molecule has 1 aromatic heterocycles. The van der Waals surface area contributed by atoms with Gasteiger partial charge >= 0.3 is 0 Å². The first kappa shape index (κ1) is 10.2. The first-order valence-corrected chi connectivity index (χ1v) is 4.77. The normalized spacial score (nSPS) is 10.8. The summed E-state index contributed by atoms with van der Waals surface area (Å²) in [4.78, 5) is 4.30. The van der Waals surface area contributed by atoms with Crippen LogP contribution in [0.25, 0.3) is 0 Å². The minimum atomic E-state index is 0.283. The first-order valence-electron chi connectivity index (χ1n) is 4.77.